The van der Waals surface area contributed by atoms with Gasteiger partial charge in [0.15, 0.2) is 11.5 Å². The van der Waals surface area contributed by atoms with Gasteiger partial charge in [-0.05, 0) is 37.3 Å². The number of ether oxygens (including phenoxy) is 4. The first-order valence-electron chi connectivity index (χ1n) is 10.9. The van der Waals surface area contributed by atoms with Crippen LogP contribution in [0.15, 0.2) is 66.7 Å². The number of fused-ring (bicyclic) bond motifs is 3. The lowest BCUT2D eigenvalue weighted by Gasteiger charge is -2.24. The summed E-state index contributed by atoms with van der Waals surface area (Å²) in [5.41, 5.74) is 2.17. The highest BCUT2D eigenvalue weighted by Gasteiger charge is 2.18. The normalized spacial score (nSPS) is 13.2. The van der Waals surface area contributed by atoms with Gasteiger partial charge in [0.1, 0.15) is 25.1 Å². The highest BCUT2D eigenvalue weighted by Crippen LogP contribution is 2.33. The molecule has 3 aromatic carbocycles. The van der Waals surface area contributed by atoms with Crippen molar-refractivity contribution in [1.82, 2.24) is 10.3 Å². The molecule has 0 aliphatic rings. The van der Waals surface area contributed by atoms with Gasteiger partial charge in [-0.15, -0.1) is 0 Å². The fourth-order valence-electron chi connectivity index (χ4n) is 3.89. The molecule has 0 spiro atoms. The van der Waals surface area contributed by atoms with E-state index in [4.69, 9.17) is 18.9 Å². The second-order valence-corrected chi connectivity index (χ2v) is 7.68. The van der Waals surface area contributed by atoms with Crippen LogP contribution in [0, 0.1) is 0 Å². The minimum Gasteiger partial charge on any atom is -0.493 e. The summed E-state index contributed by atoms with van der Waals surface area (Å²) in [5, 5.41) is 5.72. The molecule has 4 rings (SSSR count). The summed E-state index contributed by atoms with van der Waals surface area (Å²) in [4.78, 5) is 3.45. The molecule has 0 bridgehead atoms. The van der Waals surface area contributed by atoms with Gasteiger partial charge < -0.3 is 29.2 Å². The maximum atomic E-state index is 6.23. The Balaban J connectivity index is 1.33. The van der Waals surface area contributed by atoms with Gasteiger partial charge in [-0.25, -0.2) is 0 Å². The molecule has 0 saturated carbocycles. The SMILES string of the molecule is COc1ccccc1OCCN[C@H](C)C(COc1cccc2[nH]c3ccccc3c12)OC. The molecule has 4 aromatic rings. The standard InChI is InChI=1S/C26H30N2O4/c1-18(27-15-16-31-23-13-7-6-12-22(23)29-2)25(30-3)17-32-24-14-8-11-21-26(24)19-9-4-5-10-20(19)28-21/h4-14,18,25,27-28H,15-17H2,1-3H3/t18-,25?/m1/s1. The first kappa shape index (κ1) is 22.0. The Morgan fingerprint density at radius 1 is 0.812 bits per heavy atom. The second kappa shape index (κ2) is 10.4. The van der Waals surface area contributed by atoms with Crippen molar-refractivity contribution in [1.29, 1.82) is 0 Å². The molecule has 6 nitrogen and oxygen atoms in total. The second-order valence-electron chi connectivity index (χ2n) is 7.68. The van der Waals surface area contributed by atoms with Gasteiger partial charge in [-0.3, -0.25) is 0 Å². The molecule has 0 fully saturated rings. The van der Waals surface area contributed by atoms with Crippen LogP contribution in [0.5, 0.6) is 17.2 Å². The van der Waals surface area contributed by atoms with Crippen LogP contribution in [0.3, 0.4) is 0 Å². The van der Waals surface area contributed by atoms with E-state index in [-0.39, 0.29) is 12.1 Å². The molecule has 168 valence electrons. The molecule has 0 aliphatic carbocycles. The summed E-state index contributed by atoms with van der Waals surface area (Å²) < 4.78 is 23.1. The Labute approximate surface area is 188 Å². The molecular formula is C26H30N2O4. The van der Waals surface area contributed by atoms with Crippen molar-refractivity contribution in [3.05, 3.63) is 66.7 Å². The molecule has 6 heteroatoms. The van der Waals surface area contributed by atoms with E-state index < -0.39 is 0 Å². The number of hydrogen-bond acceptors (Lipinski definition) is 5. The Kier molecular flexibility index (Phi) is 7.14. The lowest BCUT2D eigenvalue weighted by atomic mass is 10.1. The zero-order valence-electron chi connectivity index (χ0n) is 18.8. The van der Waals surface area contributed by atoms with E-state index in [2.05, 4.69) is 35.4 Å². The average molecular weight is 435 g/mol. The van der Waals surface area contributed by atoms with Gasteiger partial charge in [-0.1, -0.05) is 36.4 Å². The monoisotopic (exact) mass is 434 g/mol. The molecule has 2 atom stereocenters. The topological polar surface area (TPSA) is 64.7 Å². The van der Waals surface area contributed by atoms with Crippen LogP contribution in [0.25, 0.3) is 21.8 Å². The zero-order chi connectivity index (χ0) is 22.3. The van der Waals surface area contributed by atoms with Crippen molar-refractivity contribution in [2.75, 3.05) is 34.0 Å². The Bertz CT molecular complexity index is 1160. The van der Waals surface area contributed by atoms with Crippen LogP contribution in [0.2, 0.25) is 0 Å². The van der Waals surface area contributed by atoms with E-state index in [0.717, 1.165) is 39.1 Å². The van der Waals surface area contributed by atoms with E-state index in [1.165, 1.54) is 0 Å². The van der Waals surface area contributed by atoms with Gasteiger partial charge in [0.2, 0.25) is 0 Å². The van der Waals surface area contributed by atoms with Gasteiger partial charge >= 0.3 is 0 Å². The summed E-state index contributed by atoms with van der Waals surface area (Å²) in [6.07, 6.45) is -0.110. The molecule has 1 aromatic heterocycles. The van der Waals surface area contributed by atoms with E-state index in [1.54, 1.807) is 14.2 Å². The van der Waals surface area contributed by atoms with Crippen LogP contribution in [0.1, 0.15) is 6.92 Å². The van der Waals surface area contributed by atoms with Crippen molar-refractivity contribution in [2.45, 2.75) is 19.1 Å². The fraction of sp³-hybridized carbons (Fsp3) is 0.308. The lowest BCUT2D eigenvalue weighted by Crippen LogP contribution is -2.43. The molecule has 1 unspecified atom stereocenters. The van der Waals surface area contributed by atoms with E-state index in [1.807, 2.05) is 48.5 Å². The summed E-state index contributed by atoms with van der Waals surface area (Å²) in [6.45, 7) is 3.73. The molecule has 0 saturated heterocycles. The molecule has 0 radical (unpaired) electrons. The number of rotatable bonds is 11. The highest BCUT2D eigenvalue weighted by molar-refractivity contribution is 6.10. The maximum Gasteiger partial charge on any atom is 0.161 e. The van der Waals surface area contributed by atoms with Crippen molar-refractivity contribution < 1.29 is 18.9 Å². The fourth-order valence-corrected chi connectivity index (χ4v) is 3.89. The van der Waals surface area contributed by atoms with Crippen molar-refractivity contribution in [3.8, 4) is 17.2 Å². The molecule has 0 aliphatic heterocycles. The first-order chi connectivity index (χ1) is 15.7. The number of hydrogen-bond donors (Lipinski definition) is 2. The number of aromatic nitrogens is 1. The van der Waals surface area contributed by atoms with Crippen LogP contribution < -0.4 is 19.5 Å². The van der Waals surface area contributed by atoms with Gasteiger partial charge in [0.05, 0.1) is 12.6 Å². The van der Waals surface area contributed by atoms with Crippen LogP contribution in [-0.2, 0) is 4.74 Å². The number of nitrogens with one attached hydrogen (secondary N) is 2. The van der Waals surface area contributed by atoms with Gasteiger partial charge in [-0.2, -0.15) is 0 Å². The van der Waals surface area contributed by atoms with E-state index in [0.29, 0.717) is 19.8 Å². The minimum atomic E-state index is -0.110. The Morgan fingerprint density at radius 3 is 2.34 bits per heavy atom. The number of para-hydroxylation sites is 3. The Hall–Kier alpha value is -3.22. The lowest BCUT2D eigenvalue weighted by molar-refractivity contribution is 0.0341. The smallest absolute Gasteiger partial charge is 0.161 e. The van der Waals surface area contributed by atoms with E-state index >= 15 is 0 Å². The Morgan fingerprint density at radius 2 is 1.53 bits per heavy atom. The predicted octanol–water partition coefficient (Wildman–Crippen LogP) is 4.78. The van der Waals surface area contributed by atoms with Gasteiger partial charge in [0, 0.05) is 36.0 Å². The third-order valence-corrected chi connectivity index (χ3v) is 5.65. The molecule has 32 heavy (non-hydrogen) atoms. The third kappa shape index (κ3) is 4.82. The number of H-pyrrole nitrogens is 1. The van der Waals surface area contributed by atoms with Gasteiger partial charge in [0.25, 0.3) is 0 Å². The van der Waals surface area contributed by atoms with Crippen molar-refractivity contribution >= 4 is 21.8 Å². The average Bonchev–Trinajstić information content (AvgIpc) is 3.22. The molecular weight excluding hydrogens is 404 g/mol. The summed E-state index contributed by atoms with van der Waals surface area (Å²) in [7, 11) is 3.35. The molecule has 0 amide bonds. The molecule has 1 heterocycles. The maximum absolute atomic E-state index is 6.23. The largest absolute Gasteiger partial charge is 0.493 e. The molecule has 2 N–H and O–H groups in total. The number of aromatic amines is 1. The van der Waals surface area contributed by atoms with Crippen molar-refractivity contribution in [3.63, 3.8) is 0 Å². The van der Waals surface area contributed by atoms with Crippen LogP contribution in [-0.4, -0.2) is 51.1 Å². The van der Waals surface area contributed by atoms with E-state index in [9.17, 15) is 0 Å². The summed E-state index contributed by atoms with van der Waals surface area (Å²) in [5.74, 6) is 2.33. The minimum absolute atomic E-state index is 0.0865. The highest BCUT2D eigenvalue weighted by atomic mass is 16.5. The zero-order valence-corrected chi connectivity index (χ0v) is 18.8. The first-order valence-corrected chi connectivity index (χ1v) is 10.9. The summed E-state index contributed by atoms with van der Waals surface area (Å²) >= 11 is 0. The predicted molar refractivity (Wildman–Crippen MR) is 128 cm³/mol. The van der Waals surface area contributed by atoms with Crippen molar-refractivity contribution in [2.24, 2.45) is 0 Å². The van der Waals surface area contributed by atoms with Crippen LogP contribution >= 0.6 is 0 Å². The quantitative estimate of drug-likeness (QED) is 0.333. The van der Waals surface area contributed by atoms with Crippen LogP contribution in [0.4, 0.5) is 0 Å². The number of benzene rings is 3. The number of methoxy groups -OCH3 is 2. The third-order valence-electron chi connectivity index (χ3n) is 5.65. The summed E-state index contributed by atoms with van der Waals surface area (Å²) in [6, 6.07) is 22.1.